The maximum Gasteiger partial charge on any atom is 0.127 e. The van der Waals surface area contributed by atoms with Gasteiger partial charge in [0.25, 0.3) is 0 Å². The van der Waals surface area contributed by atoms with Crippen LogP contribution < -0.4 is 10.1 Å². The molecule has 0 heterocycles. The fraction of sp³-hybridized carbons (Fsp3) is 0.250. The summed E-state index contributed by atoms with van der Waals surface area (Å²) in [5.74, 6) is 0.539. The first kappa shape index (κ1) is 14.3. The quantitative estimate of drug-likeness (QED) is 0.879. The number of hydrogen-bond donors (Lipinski definition) is 2. The summed E-state index contributed by atoms with van der Waals surface area (Å²) in [6.45, 7) is 2.34. The van der Waals surface area contributed by atoms with Crippen LogP contribution in [0.25, 0.3) is 0 Å². The topological polar surface area (TPSA) is 41.5 Å². The SMILES string of the molecule is COc1ccc(CN[C@H](C)c2ccccc2F)c(O)c1. The number of benzene rings is 2. The standard InChI is InChI=1S/C16H18FNO2/c1-11(14-5-3-4-6-15(14)17)18-10-12-7-8-13(20-2)9-16(12)19/h3-9,11,18-19H,10H2,1-2H3/t11-/m1/s1. The third-order valence-electron chi connectivity index (χ3n) is 3.26. The van der Waals surface area contributed by atoms with Gasteiger partial charge in [0.15, 0.2) is 0 Å². The molecular weight excluding hydrogens is 257 g/mol. The highest BCUT2D eigenvalue weighted by atomic mass is 19.1. The molecule has 0 fully saturated rings. The number of phenolic OH excluding ortho intramolecular Hbond substituents is 1. The molecule has 0 spiro atoms. The second kappa shape index (κ2) is 6.39. The zero-order valence-electron chi connectivity index (χ0n) is 11.6. The number of halogens is 1. The number of methoxy groups -OCH3 is 1. The summed E-state index contributed by atoms with van der Waals surface area (Å²) in [7, 11) is 1.55. The van der Waals surface area contributed by atoms with Crippen molar-refractivity contribution in [2.24, 2.45) is 0 Å². The van der Waals surface area contributed by atoms with Gasteiger partial charge in [-0.1, -0.05) is 24.3 Å². The molecule has 0 unspecified atom stereocenters. The molecule has 1 atom stereocenters. The van der Waals surface area contributed by atoms with Gasteiger partial charge in [0.2, 0.25) is 0 Å². The van der Waals surface area contributed by atoms with Crippen molar-refractivity contribution in [3.8, 4) is 11.5 Å². The molecule has 2 aromatic rings. The number of hydrogen-bond acceptors (Lipinski definition) is 3. The molecule has 0 amide bonds. The lowest BCUT2D eigenvalue weighted by Crippen LogP contribution is -2.19. The Balaban J connectivity index is 2.04. The smallest absolute Gasteiger partial charge is 0.127 e. The highest BCUT2D eigenvalue weighted by molar-refractivity contribution is 5.39. The molecule has 0 saturated heterocycles. The highest BCUT2D eigenvalue weighted by Gasteiger charge is 2.10. The molecule has 0 aliphatic carbocycles. The minimum atomic E-state index is -0.230. The molecule has 0 aromatic heterocycles. The van der Waals surface area contributed by atoms with Crippen LogP contribution in [0.5, 0.6) is 11.5 Å². The van der Waals surface area contributed by atoms with Gasteiger partial charge in [0, 0.05) is 29.8 Å². The van der Waals surface area contributed by atoms with Crippen LogP contribution in [0.2, 0.25) is 0 Å². The van der Waals surface area contributed by atoms with Crippen molar-refractivity contribution in [1.82, 2.24) is 5.32 Å². The molecule has 3 nitrogen and oxygen atoms in total. The van der Waals surface area contributed by atoms with Gasteiger partial charge < -0.3 is 15.2 Å². The Bertz CT molecular complexity index is 586. The van der Waals surface area contributed by atoms with Crippen molar-refractivity contribution in [2.45, 2.75) is 19.5 Å². The molecule has 4 heteroatoms. The van der Waals surface area contributed by atoms with Gasteiger partial charge in [0.05, 0.1) is 7.11 Å². The third kappa shape index (κ3) is 3.27. The predicted octanol–water partition coefficient (Wildman–Crippen LogP) is 3.39. The van der Waals surface area contributed by atoms with E-state index < -0.39 is 0 Å². The van der Waals surface area contributed by atoms with Crippen LogP contribution in [0.15, 0.2) is 42.5 Å². The minimum Gasteiger partial charge on any atom is -0.507 e. The Morgan fingerprint density at radius 2 is 2.00 bits per heavy atom. The van der Waals surface area contributed by atoms with Gasteiger partial charge in [-0.15, -0.1) is 0 Å². The van der Waals surface area contributed by atoms with E-state index in [1.807, 2.05) is 6.92 Å². The van der Waals surface area contributed by atoms with Crippen molar-refractivity contribution in [3.63, 3.8) is 0 Å². The average molecular weight is 275 g/mol. The van der Waals surface area contributed by atoms with Gasteiger partial charge in [-0.2, -0.15) is 0 Å². The first-order valence-electron chi connectivity index (χ1n) is 6.45. The first-order chi connectivity index (χ1) is 9.61. The Morgan fingerprint density at radius 1 is 1.25 bits per heavy atom. The molecule has 0 saturated carbocycles. The van der Waals surface area contributed by atoms with Crippen molar-refractivity contribution >= 4 is 0 Å². The number of aromatic hydroxyl groups is 1. The van der Waals surface area contributed by atoms with E-state index >= 15 is 0 Å². The van der Waals surface area contributed by atoms with E-state index in [0.29, 0.717) is 17.9 Å². The van der Waals surface area contributed by atoms with Crippen LogP contribution in [0.3, 0.4) is 0 Å². The Hall–Kier alpha value is -2.07. The zero-order valence-corrected chi connectivity index (χ0v) is 11.6. The summed E-state index contributed by atoms with van der Waals surface area (Å²) < 4.78 is 18.7. The zero-order chi connectivity index (χ0) is 14.5. The van der Waals surface area contributed by atoms with Crippen molar-refractivity contribution in [1.29, 1.82) is 0 Å². The predicted molar refractivity (Wildman–Crippen MR) is 76.3 cm³/mol. The van der Waals surface area contributed by atoms with Crippen LogP contribution in [0, 0.1) is 5.82 Å². The van der Waals surface area contributed by atoms with E-state index in [2.05, 4.69) is 5.32 Å². The third-order valence-corrected chi connectivity index (χ3v) is 3.26. The Morgan fingerprint density at radius 3 is 2.65 bits per heavy atom. The van der Waals surface area contributed by atoms with Crippen LogP contribution in [-0.2, 0) is 6.54 Å². The maximum absolute atomic E-state index is 13.6. The second-order valence-electron chi connectivity index (χ2n) is 4.62. The van der Waals surface area contributed by atoms with E-state index in [1.54, 1.807) is 43.5 Å². The van der Waals surface area contributed by atoms with Crippen LogP contribution >= 0.6 is 0 Å². The maximum atomic E-state index is 13.6. The number of rotatable bonds is 5. The van der Waals surface area contributed by atoms with Gasteiger partial charge in [-0.05, 0) is 19.1 Å². The summed E-state index contributed by atoms with van der Waals surface area (Å²) in [4.78, 5) is 0. The molecule has 20 heavy (non-hydrogen) atoms. The monoisotopic (exact) mass is 275 g/mol. The average Bonchev–Trinajstić information content (AvgIpc) is 2.46. The lowest BCUT2D eigenvalue weighted by molar-refractivity contribution is 0.405. The normalized spacial score (nSPS) is 12.2. The molecule has 0 aliphatic rings. The van der Waals surface area contributed by atoms with Crippen molar-refractivity contribution in [3.05, 3.63) is 59.4 Å². The second-order valence-corrected chi connectivity index (χ2v) is 4.62. The highest BCUT2D eigenvalue weighted by Crippen LogP contribution is 2.24. The van der Waals surface area contributed by atoms with E-state index in [-0.39, 0.29) is 17.6 Å². The van der Waals surface area contributed by atoms with Gasteiger partial charge >= 0.3 is 0 Å². The van der Waals surface area contributed by atoms with Gasteiger partial charge in [-0.25, -0.2) is 4.39 Å². The summed E-state index contributed by atoms with van der Waals surface area (Å²) in [6, 6.07) is 11.7. The van der Waals surface area contributed by atoms with Crippen LogP contribution in [0.1, 0.15) is 24.1 Å². The summed E-state index contributed by atoms with van der Waals surface area (Å²) >= 11 is 0. The summed E-state index contributed by atoms with van der Waals surface area (Å²) in [5.41, 5.74) is 1.36. The first-order valence-corrected chi connectivity index (χ1v) is 6.45. The minimum absolute atomic E-state index is 0.141. The van der Waals surface area contributed by atoms with Crippen molar-refractivity contribution < 1.29 is 14.2 Å². The van der Waals surface area contributed by atoms with Crippen molar-refractivity contribution in [2.75, 3.05) is 7.11 Å². The van der Waals surface area contributed by atoms with E-state index in [4.69, 9.17) is 4.74 Å². The molecule has 2 rings (SSSR count). The van der Waals surface area contributed by atoms with Crippen LogP contribution in [0.4, 0.5) is 4.39 Å². The molecule has 2 N–H and O–H groups in total. The van der Waals surface area contributed by atoms with E-state index in [9.17, 15) is 9.50 Å². The largest absolute Gasteiger partial charge is 0.507 e. The van der Waals surface area contributed by atoms with E-state index in [1.165, 1.54) is 6.07 Å². The number of nitrogens with one attached hydrogen (secondary N) is 1. The molecule has 2 aromatic carbocycles. The number of phenols is 1. The summed E-state index contributed by atoms with van der Waals surface area (Å²) in [6.07, 6.45) is 0. The molecule has 0 radical (unpaired) electrons. The van der Waals surface area contributed by atoms with Crippen LogP contribution in [-0.4, -0.2) is 12.2 Å². The lowest BCUT2D eigenvalue weighted by Gasteiger charge is -2.15. The Labute approximate surface area is 118 Å². The molecule has 106 valence electrons. The summed E-state index contributed by atoms with van der Waals surface area (Å²) in [5, 5.41) is 13.1. The fourth-order valence-corrected chi connectivity index (χ4v) is 2.02. The van der Waals surface area contributed by atoms with E-state index in [0.717, 1.165) is 5.56 Å². The molecule has 0 bridgehead atoms. The van der Waals surface area contributed by atoms with Gasteiger partial charge in [0.1, 0.15) is 17.3 Å². The molecular formula is C16H18FNO2. The molecule has 0 aliphatic heterocycles. The fourth-order valence-electron chi connectivity index (χ4n) is 2.02. The number of ether oxygens (including phenoxy) is 1. The van der Waals surface area contributed by atoms with Gasteiger partial charge in [-0.3, -0.25) is 0 Å². The lowest BCUT2D eigenvalue weighted by atomic mass is 10.1. The Kier molecular flexibility index (Phi) is 4.58.